The van der Waals surface area contributed by atoms with Crippen LogP contribution in [0.15, 0.2) is 42.5 Å². The molecule has 0 heterocycles. The predicted octanol–water partition coefficient (Wildman–Crippen LogP) is 3.86. The van der Waals surface area contributed by atoms with E-state index in [9.17, 15) is 4.39 Å². The summed E-state index contributed by atoms with van der Waals surface area (Å²) in [5.41, 5.74) is 7.34. The van der Waals surface area contributed by atoms with Gasteiger partial charge in [0.15, 0.2) is 0 Å². The largest absolute Gasteiger partial charge is 0.494 e. The maximum Gasteiger partial charge on any atom is 0.146 e. The van der Waals surface area contributed by atoms with Crippen LogP contribution < -0.4 is 10.5 Å². The van der Waals surface area contributed by atoms with Gasteiger partial charge in [0.25, 0.3) is 0 Å². The summed E-state index contributed by atoms with van der Waals surface area (Å²) >= 11 is 0. The second kappa shape index (κ2) is 5.54. The van der Waals surface area contributed by atoms with E-state index in [1.807, 2.05) is 24.3 Å². The molecule has 2 aromatic rings. The van der Waals surface area contributed by atoms with Crippen molar-refractivity contribution in [1.29, 1.82) is 0 Å². The van der Waals surface area contributed by atoms with Gasteiger partial charge >= 0.3 is 0 Å². The molecule has 0 atom stereocenters. The van der Waals surface area contributed by atoms with Crippen LogP contribution in [-0.2, 0) is 0 Å². The monoisotopic (exact) mass is 245 g/mol. The van der Waals surface area contributed by atoms with Crippen LogP contribution in [0.1, 0.15) is 13.3 Å². The van der Waals surface area contributed by atoms with Crippen LogP contribution in [0.4, 0.5) is 10.1 Å². The van der Waals surface area contributed by atoms with E-state index in [0.717, 1.165) is 23.3 Å². The van der Waals surface area contributed by atoms with Crippen molar-refractivity contribution in [2.24, 2.45) is 0 Å². The maximum absolute atomic E-state index is 13.4. The molecule has 0 aromatic heterocycles. The Morgan fingerprint density at radius 1 is 1.11 bits per heavy atom. The lowest BCUT2D eigenvalue weighted by molar-refractivity contribution is 0.317. The van der Waals surface area contributed by atoms with Gasteiger partial charge in [0.05, 0.1) is 12.3 Å². The molecule has 0 spiro atoms. The highest BCUT2D eigenvalue weighted by Crippen LogP contribution is 2.26. The number of ether oxygens (including phenoxy) is 1. The van der Waals surface area contributed by atoms with Gasteiger partial charge in [0.2, 0.25) is 0 Å². The van der Waals surface area contributed by atoms with E-state index >= 15 is 0 Å². The molecule has 3 heteroatoms. The Labute approximate surface area is 106 Å². The number of hydrogen-bond donors (Lipinski definition) is 1. The zero-order valence-electron chi connectivity index (χ0n) is 10.3. The SMILES string of the molecule is CCCOc1cccc(-c2ccc(N)c(F)c2)c1. The molecule has 0 fully saturated rings. The van der Waals surface area contributed by atoms with Gasteiger partial charge < -0.3 is 10.5 Å². The number of anilines is 1. The number of nitrogen functional groups attached to an aromatic ring is 1. The van der Waals surface area contributed by atoms with Gasteiger partial charge in [-0.2, -0.15) is 0 Å². The zero-order chi connectivity index (χ0) is 13.0. The van der Waals surface area contributed by atoms with Crippen molar-refractivity contribution in [3.8, 4) is 16.9 Å². The van der Waals surface area contributed by atoms with Crippen molar-refractivity contribution < 1.29 is 9.13 Å². The molecule has 0 bridgehead atoms. The lowest BCUT2D eigenvalue weighted by Gasteiger charge is -2.08. The van der Waals surface area contributed by atoms with Gasteiger partial charge in [-0.1, -0.05) is 25.1 Å². The number of hydrogen-bond acceptors (Lipinski definition) is 2. The van der Waals surface area contributed by atoms with E-state index in [1.165, 1.54) is 6.07 Å². The molecular formula is C15H16FNO. The fourth-order valence-corrected chi connectivity index (χ4v) is 1.69. The van der Waals surface area contributed by atoms with Crippen molar-refractivity contribution >= 4 is 5.69 Å². The summed E-state index contributed by atoms with van der Waals surface area (Å²) < 4.78 is 19.0. The number of halogens is 1. The predicted molar refractivity (Wildman–Crippen MR) is 72.0 cm³/mol. The Bertz CT molecular complexity index is 540. The lowest BCUT2D eigenvalue weighted by Crippen LogP contribution is -1.95. The average molecular weight is 245 g/mol. The Balaban J connectivity index is 2.29. The van der Waals surface area contributed by atoms with Gasteiger partial charge in [-0.25, -0.2) is 4.39 Å². The second-order valence-electron chi connectivity index (χ2n) is 4.11. The highest BCUT2D eigenvalue weighted by atomic mass is 19.1. The third-order valence-electron chi connectivity index (χ3n) is 2.64. The van der Waals surface area contributed by atoms with Crippen LogP contribution in [0, 0.1) is 5.82 Å². The van der Waals surface area contributed by atoms with Gasteiger partial charge in [0.1, 0.15) is 11.6 Å². The van der Waals surface area contributed by atoms with Gasteiger partial charge in [0, 0.05) is 0 Å². The molecule has 0 aliphatic rings. The van der Waals surface area contributed by atoms with E-state index in [1.54, 1.807) is 12.1 Å². The molecule has 0 amide bonds. The molecular weight excluding hydrogens is 229 g/mol. The first-order chi connectivity index (χ1) is 8.70. The van der Waals surface area contributed by atoms with Gasteiger partial charge in [-0.3, -0.25) is 0 Å². The number of rotatable bonds is 4. The molecule has 2 N–H and O–H groups in total. The standard InChI is InChI=1S/C15H16FNO/c1-2-8-18-13-5-3-4-11(9-13)12-6-7-15(17)14(16)10-12/h3-7,9-10H,2,8,17H2,1H3. The quantitative estimate of drug-likeness (QED) is 0.830. The zero-order valence-corrected chi connectivity index (χ0v) is 10.3. The molecule has 0 aliphatic carbocycles. The van der Waals surface area contributed by atoms with Crippen molar-refractivity contribution in [2.45, 2.75) is 13.3 Å². The first-order valence-corrected chi connectivity index (χ1v) is 5.99. The van der Waals surface area contributed by atoms with E-state index < -0.39 is 5.82 Å². The molecule has 0 aliphatic heterocycles. The summed E-state index contributed by atoms with van der Waals surface area (Å²) in [5, 5.41) is 0. The highest BCUT2D eigenvalue weighted by molar-refractivity contribution is 5.67. The molecule has 0 saturated heterocycles. The Morgan fingerprint density at radius 3 is 2.61 bits per heavy atom. The molecule has 0 unspecified atom stereocenters. The second-order valence-corrected chi connectivity index (χ2v) is 4.11. The topological polar surface area (TPSA) is 35.2 Å². The van der Waals surface area contributed by atoms with Crippen LogP contribution in [0.25, 0.3) is 11.1 Å². The summed E-state index contributed by atoms with van der Waals surface area (Å²) in [4.78, 5) is 0. The summed E-state index contributed by atoms with van der Waals surface area (Å²) in [7, 11) is 0. The smallest absolute Gasteiger partial charge is 0.146 e. The van der Waals surface area contributed by atoms with E-state index in [2.05, 4.69) is 6.92 Å². The third-order valence-corrected chi connectivity index (χ3v) is 2.64. The number of nitrogens with two attached hydrogens (primary N) is 1. The van der Waals surface area contributed by atoms with Crippen molar-refractivity contribution in [2.75, 3.05) is 12.3 Å². The molecule has 94 valence electrons. The Morgan fingerprint density at radius 2 is 1.89 bits per heavy atom. The number of benzene rings is 2. The van der Waals surface area contributed by atoms with Crippen LogP contribution in [0.2, 0.25) is 0 Å². The molecule has 18 heavy (non-hydrogen) atoms. The lowest BCUT2D eigenvalue weighted by atomic mass is 10.0. The van der Waals surface area contributed by atoms with E-state index in [0.29, 0.717) is 6.61 Å². The molecule has 0 radical (unpaired) electrons. The fraction of sp³-hybridized carbons (Fsp3) is 0.200. The first kappa shape index (κ1) is 12.4. The molecule has 0 saturated carbocycles. The third kappa shape index (κ3) is 2.80. The van der Waals surface area contributed by atoms with Crippen molar-refractivity contribution in [3.63, 3.8) is 0 Å². The maximum atomic E-state index is 13.4. The van der Waals surface area contributed by atoms with Crippen LogP contribution in [0.3, 0.4) is 0 Å². The van der Waals surface area contributed by atoms with Crippen molar-refractivity contribution in [1.82, 2.24) is 0 Å². The van der Waals surface area contributed by atoms with Gasteiger partial charge in [-0.15, -0.1) is 0 Å². The molecule has 2 aromatic carbocycles. The normalized spacial score (nSPS) is 10.3. The summed E-state index contributed by atoms with van der Waals surface area (Å²) in [5.74, 6) is 0.402. The summed E-state index contributed by atoms with van der Waals surface area (Å²) in [6.45, 7) is 2.73. The van der Waals surface area contributed by atoms with Crippen LogP contribution in [0.5, 0.6) is 5.75 Å². The molecule has 2 rings (SSSR count). The average Bonchev–Trinajstić information content (AvgIpc) is 2.40. The summed E-state index contributed by atoms with van der Waals surface area (Å²) in [6.07, 6.45) is 0.959. The fourth-order valence-electron chi connectivity index (χ4n) is 1.69. The molecule has 2 nitrogen and oxygen atoms in total. The van der Waals surface area contributed by atoms with Crippen LogP contribution in [-0.4, -0.2) is 6.61 Å². The van der Waals surface area contributed by atoms with E-state index in [-0.39, 0.29) is 5.69 Å². The Hall–Kier alpha value is -2.03. The highest BCUT2D eigenvalue weighted by Gasteiger charge is 2.03. The summed E-state index contributed by atoms with van der Waals surface area (Å²) in [6, 6.07) is 12.4. The van der Waals surface area contributed by atoms with E-state index in [4.69, 9.17) is 10.5 Å². The minimum Gasteiger partial charge on any atom is -0.494 e. The minimum absolute atomic E-state index is 0.164. The van der Waals surface area contributed by atoms with Crippen LogP contribution >= 0.6 is 0 Å². The first-order valence-electron chi connectivity index (χ1n) is 5.99. The van der Waals surface area contributed by atoms with Crippen molar-refractivity contribution in [3.05, 3.63) is 48.3 Å². The minimum atomic E-state index is -0.396. The Kier molecular flexibility index (Phi) is 3.82. The van der Waals surface area contributed by atoms with Gasteiger partial charge in [-0.05, 0) is 41.8 Å².